The van der Waals surface area contributed by atoms with E-state index in [0.717, 1.165) is 0 Å². The van der Waals surface area contributed by atoms with Crippen molar-refractivity contribution in [1.82, 2.24) is 10.1 Å². The third-order valence-corrected chi connectivity index (χ3v) is 4.05. The average Bonchev–Trinajstić information content (AvgIpc) is 2.58. The van der Waals surface area contributed by atoms with Gasteiger partial charge in [0, 0.05) is 6.20 Å². The summed E-state index contributed by atoms with van der Waals surface area (Å²) in [4.78, 5) is 3.80. The van der Waals surface area contributed by atoms with Gasteiger partial charge in [-0.25, -0.2) is 13.4 Å². The van der Waals surface area contributed by atoms with Crippen molar-refractivity contribution in [3.63, 3.8) is 0 Å². The maximum atomic E-state index is 12.1. The number of anilines is 1. The van der Waals surface area contributed by atoms with Crippen LogP contribution >= 0.6 is 11.6 Å². The van der Waals surface area contributed by atoms with Crippen LogP contribution in [0.25, 0.3) is 0 Å². The highest BCUT2D eigenvalue weighted by atomic mass is 35.5. The van der Waals surface area contributed by atoms with Crippen LogP contribution < -0.4 is 4.72 Å². The molecule has 2 aromatic rings. The van der Waals surface area contributed by atoms with E-state index in [1.165, 1.54) is 25.3 Å². The van der Waals surface area contributed by atoms with Crippen LogP contribution in [0.3, 0.4) is 0 Å². The fraction of sp³-hybridized carbons (Fsp3) is 0.200. The van der Waals surface area contributed by atoms with E-state index < -0.39 is 10.0 Å². The highest BCUT2D eigenvalue weighted by Gasteiger charge is 2.24. The lowest BCUT2D eigenvalue weighted by atomic mass is 10.4. The minimum absolute atomic E-state index is 0.0374. The number of sulfonamides is 1. The third-order valence-electron chi connectivity index (χ3n) is 2.22. The quantitative estimate of drug-likeness (QED) is 0.874. The molecule has 0 amide bonds. The van der Waals surface area contributed by atoms with Crippen molar-refractivity contribution in [1.29, 1.82) is 0 Å². The van der Waals surface area contributed by atoms with Gasteiger partial charge in [-0.2, -0.15) is 0 Å². The first-order chi connectivity index (χ1) is 8.40. The number of aryl methyl sites for hydroxylation is 2. The second-order valence-electron chi connectivity index (χ2n) is 3.63. The summed E-state index contributed by atoms with van der Waals surface area (Å²) in [6.07, 6.45) is 1.41. The maximum Gasteiger partial charge on any atom is 0.267 e. The molecule has 0 atom stereocenters. The Morgan fingerprint density at radius 3 is 2.67 bits per heavy atom. The van der Waals surface area contributed by atoms with Crippen LogP contribution in [0.15, 0.2) is 27.7 Å². The predicted molar refractivity (Wildman–Crippen MR) is 66.0 cm³/mol. The van der Waals surface area contributed by atoms with Crippen molar-refractivity contribution in [2.24, 2.45) is 0 Å². The molecule has 0 bridgehead atoms. The van der Waals surface area contributed by atoms with E-state index in [0.29, 0.717) is 11.4 Å². The molecule has 0 spiro atoms. The van der Waals surface area contributed by atoms with E-state index in [1.807, 2.05) is 0 Å². The van der Waals surface area contributed by atoms with Crippen LogP contribution in [0.4, 0.5) is 5.69 Å². The smallest absolute Gasteiger partial charge is 0.267 e. The van der Waals surface area contributed by atoms with E-state index in [4.69, 9.17) is 16.1 Å². The number of aromatic nitrogens is 2. The zero-order valence-electron chi connectivity index (χ0n) is 9.64. The van der Waals surface area contributed by atoms with E-state index in [9.17, 15) is 8.42 Å². The fourth-order valence-corrected chi connectivity index (χ4v) is 3.09. The number of hydrogen-bond donors (Lipinski definition) is 1. The van der Waals surface area contributed by atoms with Gasteiger partial charge in [0.25, 0.3) is 10.0 Å². The van der Waals surface area contributed by atoms with Crippen LogP contribution in [0, 0.1) is 13.8 Å². The minimum atomic E-state index is -3.74. The molecule has 0 aliphatic heterocycles. The lowest BCUT2D eigenvalue weighted by molar-refractivity contribution is 0.390. The van der Waals surface area contributed by atoms with Crippen molar-refractivity contribution in [3.8, 4) is 0 Å². The van der Waals surface area contributed by atoms with Gasteiger partial charge in [-0.05, 0) is 26.0 Å². The molecule has 0 radical (unpaired) electrons. The van der Waals surface area contributed by atoms with Crippen LogP contribution in [0.1, 0.15) is 11.5 Å². The Kier molecular flexibility index (Phi) is 3.27. The Labute approximate surface area is 109 Å². The van der Waals surface area contributed by atoms with Crippen molar-refractivity contribution < 1.29 is 12.9 Å². The second-order valence-corrected chi connectivity index (χ2v) is 5.63. The van der Waals surface area contributed by atoms with E-state index in [1.54, 1.807) is 6.92 Å². The fourth-order valence-electron chi connectivity index (χ4n) is 1.53. The van der Waals surface area contributed by atoms with Gasteiger partial charge in [-0.15, -0.1) is 0 Å². The van der Waals surface area contributed by atoms with Gasteiger partial charge >= 0.3 is 0 Å². The van der Waals surface area contributed by atoms with Crippen LogP contribution in [-0.4, -0.2) is 18.6 Å². The summed E-state index contributed by atoms with van der Waals surface area (Å²) < 4.78 is 31.5. The Morgan fingerprint density at radius 2 is 2.11 bits per heavy atom. The highest BCUT2D eigenvalue weighted by Crippen LogP contribution is 2.22. The molecule has 0 aliphatic rings. The van der Waals surface area contributed by atoms with Crippen LogP contribution in [0.5, 0.6) is 0 Å². The molecule has 0 fully saturated rings. The topological polar surface area (TPSA) is 85.1 Å². The van der Waals surface area contributed by atoms with Crippen molar-refractivity contribution in [2.45, 2.75) is 18.7 Å². The number of halogens is 1. The molecule has 2 heterocycles. The van der Waals surface area contributed by atoms with Crippen LogP contribution in [-0.2, 0) is 10.0 Å². The molecule has 0 saturated carbocycles. The first kappa shape index (κ1) is 12.8. The van der Waals surface area contributed by atoms with Gasteiger partial charge in [-0.3, -0.25) is 4.72 Å². The maximum absolute atomic E-state index is 12.1. The Morgan fingerprint density at radius 1 is 1.39 bits per heavy atom. The minimum Gasteiger partial charge on any atom is -0.360 e. The Balaban J connectivity index is 2.39. The van der Waals surface area contributed by atoms with Gasteiger partial charge in [-0.1, -0.05) is 16.8 Å². The standard InChI is InChI=1S/C10H10ClN3O3S/c1-6-10(7(2)17-13-6)18(15,16)14-8-3-4-12-9(11)5-8/h3-5H,1-2H3,(H,12,14). The summed E-state index contributed by atoms with van der Waals surface area (Å²) in [6, 6.07) is 2.92. The normalized spacial score (nSPS) is 11.5. The van der Waals surface area contributed by atoms with Crippen molar-refractivity contribution in [2.75, 3.05) is 4.72 Å². The SMILES string of the molecule is Cc1noc(C)c1S(=O)(=O)Nc1ccnc(Cl)c1. The molecule has 2 rings (SSSR count). The monoisotopic (exact) mass is 287 g/mol. The number of pyridine rings is 1. The number of rotatable bonds is 3. The molecule has 18 heavy (non-hydrogen) atoms. The van der Waals surface area contributed by atoms with E-state index >= 15 is 0 Å². The molecule has 0 saturated heterocycles. The number of hydrogen-bond acceptors (Lipinski definition) is 5. The van der Waals surface area contributed by atoms with Crippen molar-refractivity contribution in [3.05, 3.63) is 34.9 Å². The summed E-state index contributed by atoms with van der Waals surface area (Å²) in [5.41, 5.74) is 0.634. The van der Waals surface area contributed by atoms with Crippen LogP contribution in [0.2, 0.25) is 5.15 Å². The summed E-state index contributed by atoms with van der Waals surface area (Å²) in [6.45, 7) is 3.10. The molecule has 0 aromatic carbocycles. The zero-order valence-corrected chi connectivity index (χ0v) is 11.2. The Hall–Kier alpha value is -1.60. The molecule has 6 nitrogen and oxygen atoms in total. The first-order valence-corrected chi connectivity index (χ1v) is 6.83. The van der Waals surface area contributed by atoms with Gasteiger partial charge < -0.3 is 4.52 Å². The second kappa shape index (κ2) is 4.58. The molecular formula is C10H10ClN3O3S. The summed E-state index contributed by atoms with van der Waals surface area (Å²) >= 11 is 5.68. The summed E-state index contributed by atoms with van der Waals surface area (Å²) in [7, 11) is -3.74. The van der Waals surface area contributed by atoms with Crippen molar-refractivity contribution >= 4 is 27.3 Å². The average molecular weight is 288 g/mol. The third kappa shape index (κ3) is 2.46. The molecule has 0 unspecified atom stereocenters. The Bertz CT molecular complexity index is 662. The lowest BCUT2D eigenvalue weighted by Gasteiger charge is -2.07. The van der Waals surface area contributed by atoms with Gasteiger partial charge in [0.15, 0.2) is 10.7 Å². The molecule has 2 aromatic heterocycles. The number of nitrogens with zero attached hydrogens (tertiary/aromatic N) is 2. The molecule has 1 N–H and O–H groups in total. The van der Waals surface area contributed by atoms with Gasteiger partial charge in [0.1, 0.15) is 10.8 Å². The number of nitrogens with one attached hydrogen (secondary N) is 1. The van der Waals surface area contributed by atoms with E-state index in [-0.39, 0.29) is 15.8 Å². The molecular weight excluding hydrogens is 278 g/mol. The zero-order chi connectivity index (χ0) is 13.3. The summed E-state index contributed by atoms with van der Waals surface area (Å²) in [5, 5.41) is 3.81. The first-order valence-electron chi connectivity index (χ1n) is 4.97. The van der Waals surface area contributed by atoms with E-state index in [2.05, 4.69) is 14.9 Å². The molecule has 96 valence electrons. The lowest BCUT2D eigenvalue weighted by Crippen LogP contribution is -2.14. The largest absolute Gasteiger partial charge is 0.360 e. The van der Waals surface area contributed by atoms with Gasteiger partial charge in [0.2, 0.25) is 0 Å². The molecule has 8 heteroatoms. The predicted octanol–water partition coefficient (Wildman–Crippen LogP) is 2.14. The summed E-state index contributed by atoms with van der Waals surface area (Å²) in [5.74, 6) is 0.236. The van der Waals surface area contributed by atoms with Gasteiger partial charge in [0.05, 0.1) is 5.69 Å². The molecule has 0 aliphatic carbocycles. The highest BCUT2D eigenvalue weighted by molar-refractivity contribution is 7.92.